The number of anilines is 1. The highest BCUT2D eigenvalue weighted by Crippen LogP contribution is 2.53. The van der Waals surface area contributed by atoms with Crippen LogP contribution in [0.3, 0.4) is 0 Å². The lowest BCUT2D eigenvalue weighted by atomic mass is 9.95. The highest BCUT2D eigenvalue weighted by Gasteiger charge is 2.46. The number of aromatic nitrogens is 4. The van der Waals surface area contributed by atoms with Gasteiger partial charge in [-0.05, 0) is 55.9 Å². The van der Waals surface area contributed by atoms with Crippen LogP contribution in [0.1, 0.15) is 42.4 Å². The van der Waals surface area contributed by atoms with E-state index in [0.717, 1.165) is 43.0 Å². The highest BCUT2D eigenvalue weighted by atomic mass is 35.5. The van der Waals surface area contributed by atoms with E-state index in [2.05, 4.69) is 15.4 Å². The fourth-order valence-electron chi connectivity index (χ4n) is 4.16. The van der Waals surface area contributed by atoms with Gasteiger partial charge in [-0.3, -0.25) is 9.36 Å². The Morgan fingerprint density at radius 3 is 2.64 bits per heavy atom. The number of halogens is 5. The van der Waals surface area contributed by atoms with E-state index in [1.54, 1.807) is 0 Å². The summed E-state index contributed by atoms with van der Waals surface area (Å²) in [5, 5.41) is 6.48. The van der Waals surface area contributed by atoms with Gasteiger partial charge in [0.1, 0.15) is 17.2 Å². The van der Waals surface area contributed by atoms with Crippen molar-refractivity contribution in [2.45, 2.75) is 51.4 Å². The summed E-state index contributed by atoms with van der Waals surface area (Å²) in [5.41, 5.74) is -1.08. The van der Waals surface area contributed by atoms with Crippen LogP contribution in [0.25, 0.3) is 5.82 Å². The molecule has 2 aromatic heterocycles. The summed E-state index contributed by atoms with van der Waals surface area (Å²) < 4.78 is 61.4. The second-order valence-electron chi connectivity index (χ2n) is 9.06. The number of hydrogen-bond donors (Lipinski definition) is 1. The van der Waals surface area contributed by atoms with Crippen LogP contribution in [0.15, 0.2) is 35.1 Å². The maximum Gasteiger partial charge on any atom is 0.425 e. The molecule has 1 fully saturated rings. The lowest BCUT2D eigenvalue weighted by Crippen LogP contribution is -2.33. The molecule has 0 radical (unpaired) electrons. The number of alkyl halides is 3. The van der Waals surface area contributed by atoms with Crippen molar-refractivity contribution in [3.8, 4) is 11.7 Å². The van der Waals surface area contributed by atoms with E-state index in [1.165, 1.54) is 22.8 Å². The van der Waals surface area contributed by atoms with Gasteiger partial charge in [-0.2, -0.15) is 22.8 Å². The van der Waals surface area contributed by atoms with Crippen molar-refractivity contribution in [2.75, 3.05) is 5.32 Å². The van der Waals surface area contributed by atoms with E-state index < -0.39 is 41.1 Å². The summed E-state index contributed by atoms with van der Waals surface area (Å²) >= 11 is 5.94. The molecule has 3 heterocycles. The van der Waals surface area contributed by atoms with Crippen LogP contribution < -0.4 is 15.7 Å². The van der Waals surface area contributed by atoms with E-state index in [9.17, 15) is 27.2 Å². The van der Waals surface area contributed by atoms with E-state index in [4.69, 9.17) is 16.3 Å². The van der Waals surface area contributed by atoms with Gasteiger partial charge in [0.05, 0.1) is 10.7 Å². The number of amides is 1. The minimum absolute atomic E-state index is 0.109. The third-order valence-electron chi connectivity index (χ3n) is 6.55. The quantitative estimate of drug-likeness (QED) is 0.494. The Balaban J connectivity index is 1.53. The molecule has 3 aromatic rings. The summed E-state index contributed by atoms with van der Waals surface area (Å²) in [6.07, 6.45) is -3.47. The minimum Gasteiger partial charge on any atom is -0.464 e. The van der Waals surface area contributed by atoms with Gasteiger partial charge < -0.3 is 10.1 Å². The zero-order valence-electron chi connectivity index (χ0n) is 18.9. The van der Waals surface area contributed by atoms with Crippen LogP contribution in [-0.4, -0.2) is 37.5 Å². The van der Waals surface area contributed by atoms with E-state index in [-0.39, 0.29) is 21.9 Å². The Hall–Kier alpha value is -3.41. The molecule has 0 saturated heterocycles. The predicted octanol–water partition coefficient (Wildman–Crippen LogP) is 4.53. The molecule has 1 atom stereocenters. The van der Waals surface area contributed by atoms with Crippen LogP contribution in [0.4, 0.5) is 23.2 Å². The predicted molar refractivity (Wildman–Crippen MR) is 121 cm³/mol. The molecule has 190 valence electrons. The molecule has 1 amide bonds. The zero-order valence-corrected chi connectivity index (χ0v) is 19.7. The molecule has 13 heteroatoms. The molecule has 1 N–H and O–H groups in total. The van der Waals surface area contributed by atoms with Crippen LogP contribution >= 0.6 is 11.6 Å². The number of benzene rings is 1. The smallest absolute Gasteiger partial charge is 0.425 e. The summed E-state index contributed by atoms with van der Waals surface area (Å²) in [4.78, 5) is 29.9. The monoisotopic (exact) mass is 525 g/mol. The first kappa shape index (κ1) is 24.3. The summed E-state index contributed by atoms with van der Waals surface area (Å²) in [7, 11) is 0. The largest absolute Gasteiger partial charge is 0.464 e. The van der Waals surface area contributed by atoms with Gasteiger partial charge in [-0.25, -0.2) is 9.18 Å². The number of pyridine rings is 1. The van der Waals surface area contributed by atoms with E-state index >= 15 is 0 Å². The van der Waals surface area contributed by atoms with Gasteiger partial charge >= 0.3 is 11.9 Å². The van der Waals surface area contributed by atoms with Crippen molar-refractivity contribution in [2.24, 2.45) is 5.41 Å². The second kappa shape index (κ2) is 8.61. The van der Waals surface area contributed by atoms with Crippen LogP contribution in [0.2, 0.25) is 5.02 Å². The van der Waals surface area contributed by atoms with Crippen LogP contribution in [0, 0.1) is 11.2 Å². The van der Waals surface area contributed by atoms with Gasteiger partial charge in [0, 0.05) is 13.0 Å². The number of nitrogens with zero attached hydrogens (tertiary/aromatic N) is 4. The molecular weight excluding hydrogens is 506 g/mol. The SMILES string of the molecule is C[C@H](Oc1nc(-n2nc3n(c2=O)CCC2(CC2)C3)ccc1C(=O)Nc1c(F)cccc1Cl)C(F)(F)F. The van der Waals surface area contributed by atoms with Crippen molar-refractivity contribution in [3.05, 3.63) is 63.0 Å². The number of carbonyl (C=O) groups excluding carboxylic acids is 1. The van der Waals surface area contributed by atoms with Crippen LogP contribution in [-0.2, 0) is 13.0 Å². The fourth-order valence-corrected chi connectivity index (χ4v) is 4.37. The van der Waals surface area contributed by atoms with E-state index in [1.807, 2.05) is 0 Å². The third kappa shape index (κ3) is 4.45. The zero-order chi connectivity index (χ0) is 25.8. The highest BCUT2D eigenvalue weighted by molar-refractivity contribution is 6.34. The second-order valence-corrected chi connectivity index (χ2v) is 9.47. The Morgan fingerprint density at radius 1 is 1.22 bits per heavy atom. The normalized spacial score (nSPS) is 16.9. The first-order valence-corrected chi connectivity index (χ1v) is 11.5. The van der Waals surface area contributed by atoms with Crippen molar-refractivity contribution in [1.82, 2.24) is 19.3 Å². The van der Waals surface area contributed by atoms with Gasteiger partial charge in [-0.1, -0.05) is 17.7 Å². The molecule has 1 spiro atoms. The van der Waals surface area contributed by atoms with Crippen molar-refractivity contribution >= 4 is 23.2 Å². The average molecular weight is 526 g/mol. The maximum atomic E-state index is 14.2. The molecule has 0 unspecified atom stereocenters. The average Bonchev–Trinajstić information content (AvgIpc) is 3.48. The number of rotatable bonds is 5. The molecule has 1 saturated carbocycles. The van der Waals surface area contributed by atoms with Gasteiger partial charge in [0.15, 0.2) is 11.9 Å². The molecule has 1 aliphatic heterocycles. The fraction of sp³-hybridized carbons (Fsp3) is 0.391. The number of hydrogen-bond acceptors (Lipinski definition) is 5. The van der Waals surface area contributed by atoms with E-state index in [0.29, 0.717) is 18.8 Å². The Bertz CT molecular complexity index is 1390. The number of ether oxygens (including phenoxy) is 1. The van der Waals surface area contributed by atoms with Crippen LogP contribution in [0.5, 0.6) is 5.88 Å². The maximum absolute atomic E-state index is 14.2. The number of carbonyl (C=O) groups is 1. The van der Waals surface area contributed by atoms with Gasteiger partial charge in [0.2, 0.25) is 5.88 Å². The number of fused-ring (bicyclic) bond motifs is 1. The molecule has 36 heavy (non-hydrogen) atoms. The standard InChI is InChI=1S/C23H20ClF4N5O3/c1-12(23(26,27)28)36-20-13(19(34)30-18-14(24)3-2-4-15(18)25)5-6-16(29-20)33-21(35)32-10-9-22(7-8-22)11-17(32)31-33/h2-6,12H,7-11H2,1H3,(H,30,34)/t12-/m0/s1. The lowest BCUT2D eigenvalue weighted by molar-refractivity contribution is -0.190. The first-order valence-electron chi connectivity index (χ1n) is 11.2. The number of nitrogens with one attached hydrogen (secondary N) is 1. The first-order chi connectivity index (χ1) is 17.0. The number of para-hydroxylation sites is 1. The molecule has 1 aliphatic carbocycles. The minimum atomic E-state index is -4.76. The van der Waals surface area contributed by atoms with Gasteiger partial charge in [-0.15, -0.1) is 5.10 Å². The Morgan fingerprint density at radius 2 is 1.97 bits per heavy atom. The molecule has 1 aromatic carbocycles. The lowest BCUT2D eigenvalue weighted by Gasteiger charge is -2.20. The Kier molecular flexibility index (Phi) is 5.81. The summed E-state index contributed by atoms with van der Waals surface area (Å²) in [6, 6.07) is 6.12. The molecular formula is C23H20ClF4N5O3. The summed E-state index contributed by atoms with van der Waals surface area (Å²) in [5.74, 6) is -2.07. The molecule has 5 rings (SSSR count). The Labute approximate surface area is 206 Å². The van der Waals surface area contributed by atoms with Crippen molar-refractivity contribution < 1.29 is 27.1 Å². The van der Waals surface area contributed by atoms with Gasteiger partial charge in [0.25, 0.3) is 5.91 Å². The molecule has 8 nitrogen and oxygen atoms in total. The topological polar surface area (TPSA) is 91.0 Å². The van der Waals surface area contributed by atoms with Crippen molar-refractivity contribution in [3.63, 3.8) is 0 Å². The third-order valence-corrected chi connectivity index (χ3v) is 6.87. The molecule has 2 aliphatic rings. The molecule has 0 bridgehead atoms. The van der Waals surface area contributed by atoms with Crippen molar-refractivity contribution in [1.29, 1.82) is 0 Å². The summed E-state index contributed by atoms with van der Waals surface area (Å²) in [6.45, 7) is 1.24.